The van der Waals surface area contributed by atoms with Crippen molar-refractivity contribution in [3.8, 4) is 6.07 Å². The van der Waals surface area contributed by atoms with Crippen LogP contribution in [0.25, 0.3) is 10.1 Å². The lowest BCUT2D eigenvalue weighted by Gasteiger charge is -2.30. The molecule has 2 N–H and O–H groups in total. The van der Waals surface area contributed by atoms with E-state index in [1.807, 2.05) is 41.8 Å². The summed E-state index contributed by atoms with van der Waals surface area (Å²) < 4.78 is 15.4. The van der Waals surface area contributed by atoms with Gasteiger partial charge in [0, 0.05) is 28.4 Å². The summed E-state index contributed by atoms with van der Waals surface area (Å²) in [4.78, 5) is 23.3. The van der Waals surface area contributed by atoms with Crippen molar-refractivity contribution in [1.29, 1.82) is 5.26 Å². The van der Waals surface area contributed by atoms with Crippen LogP contribution in [0.5, 0.6) is 0 Å². The number of nitriles is 1. The van der Waals surface area contributed by atoms with Crippen molar-refractivity contribution in [2.45, 2.75) is 38.5 Å². The SMILES string of the molecule is CC(C)CC(c1ccc(C(=O)NCCC(=O)O)cc1)C(c1ccc(Cl)cc1)c1csc2c(C#N)cc(F)cc12. The third-order valence-corrected chi connectivity index (χ3v) is 8.01. The molecular weight excluding hydrogens is 535 g/mol. The number of hydrogen-bond donors (Lipinski definition) is 2. The second-order valence-electron chi connectivity index (χ2n) is 9.92. The van der Waals surface area contributed by atoms with Crippen molar-refractivity contribution < 1.29 is 19.1 Å². The summed E-state index contributed by atoms with van der Waals surface area (Å²) in [6.45, 7) is 4.35. The highest BCUT2D eigenvalue weighted by Gasteiger charge is 2.30. The number of thiophene rings is 1. The van der Waals surface area contributed by atoms with Gasteiger partial charge in [-0.2, -0.15) is 5.26 Å². The van der Waals surface area contributed by atoms with Crippen LogP contribution in [-0.4, -0.2) is 23.5 Å². The molecule has 0 aliphatic rings. The summed E-state index contributed by atoms with van der Waals surface area (Å²) in [5.74, 6) is -1.62. The predicted octanol–water partition coefficient (Wildman–Crippen LogP) is 7.73. The molecule has 0 aliphatic carbocycles. The van der Waals surface area contributed by atoms with Gasteiger partial charge < -0.3 is 10.4 Å². The number of carbonyl (C=O) groups is 2. The van der Waals surface area contributed by atoms with E-state index < -0.39 is 11.8 Å². The number of nitrogens with zero attached hydrogens (tertiary/aromatic N) is 1. The molecule has 0 aliphatic heterocycles. The van der Waals surface area contributed by atoms with E-state index in [0.717, 1.165) is 33.2 Å². The molecule has 4 rings (SSSR count). The van der Waals surface area contributed by atoms with Crippen molar-refractivity contribution in [3.05, 3.63) is 105 Å². The van der Waals surface area contributed by atoms with Crippen LogP contribution in [0.4, 0.5) is 4.39 Å². The molecular formula is C31H28ClFN2O3S. The standard InChI is InChI=1S/C31H28ClFN2O3S/c1-18(2)13-25(19-3-5-21(6-4-19)31(38)35-12-11-28(36)37)29(20-7-9-23(32)10-8-20)27-17-39-30-22(16-34)14-24(33)15-26(27)30/h3-10,14-15,17-18,25,29H,11-13H2,1-2H3,(H,35,38)(H,36,37). The van der Waals surface area contributed by atoms with Gasteiger partial charge in [-0.3, -0.25) is 9.59 Å². The first-order valence-electron chi connectivity index (χ1n) is 12.6. The van der Waals surface area contributed by atoms with Gasteiger partial charge in [-0.25, -0.2) is 4.39 Å². The van der Waals surface area contributed by atoms with E-state index in [1.165, 1.54) is 23.5 Å². The Kier molecular flexibility index (Phi) is 9.01. The Balaban J connectivity index is 1.80. The van der Waals surface area contributed by atoms with E-state index >= 15 is 0 Å². The molecule has 200 valence electrons. The normalized spacial score (nSPS) is 12.7. The number of benzene rings is 3. The molecule has 1 heterocycles. The number of carboxylic acid groups (broad SMARTS) is 1. The average Bonchev–Trinajstić information content (AvgIpc) is 3.31. The number of fused-ring (bicyclic) bond motifs is 1. The number of halogens is 2. The maximum atomic E-state index is 14.6. The maximum absolute atomic E-state index is 14.6. The van der Waals surface area contributed by atoms with Gasteiger partial charge in [-0.15, -0.1) is 11.3 Å². The lowest BCUT2D eigenvalue weighted by Crippen LogP contribution is -2.26. The smallest absolute Gasteiger partial charge is 0.305 e. The molecule has 0 bridgehead atoms. The zero-order chi connectivity index (χ0) is 28.1. The molecule has 0 saturated heterocycles. The van der Waals surface area contributed by atoms with Crippen molar-refractivity contribution in [1.82, 2.24) is 5.32 Å². The van der Waals surface area contributed by atoms with Gasteiger partial charge >= 0.3 is 5.97 Å². The number of rotatable bonds is 10. The van der Waals surface area contributed by atoms with Crippen LogP contribution in [-0.2, 0) is 4.79 Å². The molecule has 5 nitrogen and oxygen atoms in total. The van der Waals surface area contributed by atoms with Crippen LogP contribution < -0.4 is 5.32 Å². The second kappa shape index (κ2) is 12.4. The number of carbonyl (C=O) groups excluding carboxylic acids is 1. The predicted molar refractivity (Wildman–Crippen MR) is 153 cm³/mol. The Morgan fingerprint density at radius 3 is 2.36 bits per heavy atom. The number of amides is 1. The minimum Gasteiger partial charge on any atom is -0.481 e. The highest BCUT2D eigenvalue weighted by Crippen LogP contribution is 2.47. The fourth-order valence-electron chi connectivity index (χ4n) is 4.98. The zero-order valence-electron chi connectivity index (χ0n) is 21.6. The number of aliphatic carboxylic acids is 1. The molecule has 2 atom stereocenters. The van der Waals surface area contributed by atoms with E-state index in [2.05, 4.69) is 25.2 Å². The highest BCUT2D eigenvalue weighted by atomic mass is 35.5. The summed E-state index contributed by atoms with van der Waals surface area (Å²) in [6.07, 6.45) is 0.668. The third kappa shape index (κ3) is 6.65. The van der Waals surface area contributed by atoms with Gasteiger partial charge in [0.1, 0.15) is 11.9 Å². The number of nitrogens with one attached hydrogen (secondary N) is 1. The molecule has 8 heteroatoms. The number of carboxylic acids is 1. The van der Waals surface area contributed by atoms with E-state index in [0.29, 0.717) is 22.1 Å². The van der Waals surface area contributed by atoms with Crippen LogP contribution in [0.15, 0.2) is 66.0 Å². The molecule has 4 aromatic rings. The second-order valence-corrected chi connectivity index (χ2v) is 11.2. The molecule has 1 amide bonds. The van der Waals surface area contributed by atoms with E-state index in [1.54, 1.807) is 12.1 Å². The molecule has 3 aromatic carbocycles. The Morgan fingerprint density at radius 1 is 1.08 bits per heavy atom. The van der Waals surface area contributed by atoms with Gasteiger partial charge in [0.05, 0.1) is 16.7 Å². The van der Waals surface area contributed by atoms with Gasteiger partial charge in [-0.1, -0.05) is 49.7 Å². The first kappa shape index (κ1) is 28.3. The molecule has 1 aromatic heterocycles. The molecule has 0 fully saturated rings. The van der Waals surface area contributed by atoms with Crippen molar-refractivity contribution >= 4 is 44.9 Å². The van der Waals surface area contributed by atoms with E-state index in [9.17, 15) is 19.2 Å². The summed E-state index contributed by atoms with van der Waals surface area (Å²) in [5, 5.41) is 24.4. The third-order valence-electron chi connectivity index (χ3n) is 6.71. The molecule has 39 heavy (non-hydrogen) atoms. The number of hydrogen-bond acceptors (Lipinski definition) is 4. The van der Waals surface area contributed by atoms with E-state index in [-0.39, 0.29) is 30.7 Å². The van der Waals surface area contributed by atoms with Crippen LogP contribution in [0.2, 0.25) is 5.02 Å². The monoisotopic (exact) mass is 562 g/mol. The van der Waals surface area contributed by atoms with Crippen molar-refractivity contribution in [2.75, 3.05) is 6.54 Å². The Bertz CT molecular complexity index is 1520. The van der Waals surface area contributed by atoms with Gasteiger partial charge in [0.25, 0.3) is 5.91 Å². The Hall–Kier alpha value is -3.73. The van der Waals surface area contributed by atoms with Gasteiger partial charge in [-0.05, 0) is 76.7 Å². The van der Waals surface area contributed by atoms with Crippen molar-refractivity contribution in [3.63, 3.8) is 0 Å². The molecule has 2 unspecified atom stereocenters. The Morgan fingerprint density at radius 2 is 1.74 bits per heavy atom. The fraction of sp³-hybridized carbons (Fsp3) is 0.258. The average molecular weight is 563 g/mol. The van der Waals surface area contributed by atoms with Crippen molar-refractivity contribution in [2.24, 2.45) is 5.92 Å². The molecule has 0 saturated carbocycles. The van der Waals surface area contributed by atoms with Crippen LogP contribution in [0.3, 0.4) is 0 Å². The topological polar surface area (TPSA) is 90.2 Å². The summed E-state index contributed by atoms with van der Waals surface area (Å²) in [6, 6.07) is 19.9. The quantitative estimate of drug-likeness (QED) is 0.207. The fourth-order valence-corrected chi connectivity index (χ4v) is 6.16. The highest BCUT2D eigenvalue weighted by molar-refractivity contribution is 7.17. The lowest BCUT2D eigenvalue weighted by molar-refractivity contribution is -0.136. The summed E-state index contributed by atoms with van der Waals surface area (Å²) in [5.41, 5.74) is 3.73. The Labute approximate surface area is 235 Å². The van der Waals surface area contributed by atoms with Gasteiger partial charge in [0.15, 0.2) is 0 Å². The van der Waals surface area contributed by atoms with Crippen LogP contribution in [0, 0.1) is 23.1 Å². The molecule has 0 radical (unpaired) electrons. The minimum absolute atomic E-state index is 0.0260. The molecule has 0 spiro atoms. The first-order valence-corrected chi connectivity index (χ1v) is 13.9. The summed E-state index contributed by atoms with van der Waals surface area (Å²) in [7, 11) is 0. The van der Waals surface area contributed by atoms with Gasteiger partial charge in [0.2, 0.25) is 0 Å². The van der Waals surface area contributed by atoms with Crippen LogP contribution in [0.1, 0.15) is 71.1 Å². The maximum Gasteiger partial charge on any atom is 0.305 e. The van der Waals surface area contributed by atoms with Crippen LogP contribution >= 0.6 is 22.9 Å². The summed E-state index contributed by atoms with van der Waals surface area (Å²) >= 11 is 7.66. The lowest BCUT2D eigenvalue weighted by atomic mass is 9.73. The minimum atomic E-state index is -0.974. The zero-order valence-corrected chi connectivity index (χ0v) is 23.2. The first-order chi connectivity index (χ1) is 18.7. The van der Waals surface area contributed by atoms with E-state index in [4.69, 9.17) is 16.7 Å². The largest absolute Gasteiger partial charge is 0.481 e.